The van der Waals surface area contributed by atoms with Crippen LogP contribution in [0.2, 0.25) is 0 Å². The van der Waals surface area contributed by atoms with E-state index in [4.69, 9.17) is 9.47 Å². The fourth-order valence-corrected chi connectivity index (χ4v) is 3.77. The van der Waals surface area contributed by atoms with Crippen molar-refractivity contribution in [2.24, 2.45) is 5.10 Å². The van der Waals surface area contributed by atoms with Gasteiger partial charge < -0.3 is 14.6 Å². The molecule has 1 aromatic heterocycles. The summed E-state index contributed by atoms with van der Waals surface area (Å²) in [6.45, 7) is 1.32. The SMILES string of the molecule is COc1ccc(-c2cc(C(=O)N3N=C(C)CC3(O)C(F)(F)F)c3ccccc3n2)c(OC)c1. The van der Waals surface area contributed by atoms with Gasteiger partial charge in [0.25, 0.3) is 11.6 Å². The number of fused-ring (bicyclic) bond motifs is 1. The summed E-state index contributed by atoms with van der Waals surface area (Å²) in [4.78, 5) is 18.0. The summed E-state index contributed by atoms with van der Waals surface area (Å²) in [5.74, 6) is -0.166. The number of benzene rings is 2. The van der Waals surface area contributed by atoms with Crippen LogP contribution in [0.4, 0.5) is 13.2 Å². The average molecular weight is 459 g/mol. The molecule has 0 saturated carbocycles. The first kappa shape index (κ1) is 22.5. The maximum Gasteiger partial charge on any atom is 0.438 e. The number of aliphatic hydroxyl groups is 1. The first-order valence-electron chi connectivity index (χ1n) is 9.89. The number of para-hydroxylation sites is 1. The lowest BCUT2D eigenvalue weighted by molar-refractivity contribution is -0.297. The van der Waals surface area contributed by atoms with Crippen molar-refractivity contribution in [2.45, 2.75) is 25.2 Å². The van der Waals surface area contributed by atoms with Crippen LogP contribution < -0.4 is 9.47 Å². The molecule has 1 N–H and O–H groups in total. The van der Waals surface area contributed by atoms with E-state index >= 15 is 0 Å². The van der Waals surface area contributed by atoms with E-state index in [1.54, 1.807) is 42.5 Å². The molecule has 10 heteroatoms. The molecule has 0 bridgehead atoms. The lowest BCUT2D eigenvalue weighted by Gasteiger charge is -2.32. The van der Waals surface area contributed by atoms with Gasteiger partial charge in [-0.1, -0.05) is 18.2 Å². The summed E-state index contributed by atoms with van der Waals surface area (Å²) in [5.41, 5.74) is -2.35. The molecule has 4 rings (SSSR count). The highest BCUT2D eigenvalue weighted by Gasteiger charge is 2.62. The predicted octanol–water partition coefficient (Wildman–Crippen LogP) is 4.39. The Morgan fingerprint density at radius 3 is 2.52 bits per heavy atom. The van der Waals surface area contributed by atoms with Gasteiger partial charge in [-0.3, -0.25) is 4.79 Å². The zero-order valence-electron chi connectivity index (χ0n) is 18.0. The smallest absolute Gasteiger partial charge is 0.438 e. The molecule has 0 fully saturated rings. The van der Waals surface area contributed by atoms with Crippen LogP contribution in [0, 0.1) is 0 Å². The summed E-state index contributed by atoms with van der Waals surface area (Å²) in [6, 6.07) is 12.9. The Morgan fingerprint density at radius 1 is 1.12 bits per heavy atom. The van der Waals surface area contributed by atoms with Crippen LogP contribution in [0.3, 0.4) is 0 Å². The zero-order chi connectivity index (χ0) is 24.0. The van der Waals surface area contributed by atoms with E-state index < -0.39 is 24.2 Å². The minimum Gasteiger partial charge on any atom is -0.497 e. The fourth-order valence-electron chi connectivity index (χ4n) is 3.77. The van der Waals surface area contributed by atoms with Crippen LogP contribution in [-0.2, 0) is 0 Å². The maximum absolute atomic E-state index is 13.7. The van der Waals surface area contributed by atoms with Crippen LogP contribution in [0.15, 0.2) is 53.6 Å². The second-order valence-electron chi connectivity index (χ2n) is 7.58. The Morgan fingerprint density at radius 2 is 1.85 bits per heavy atom. The van der Waals surface area contributed by atoms with Gasteiger partial charge in [-0.05, 0) is 31.2 Å². The van der Waals surface area contributed by atoms with E-state index in [9.17, 15) is 23.1 Å². The minimum atomic E-state index is -5.10. The quantitative estimate of drug-likeness (QED) is 0.626. The summed E-state index contributed by atoms with van der Waals surface area (Å²) in [6.07, 6.45) is -5.93. The van der Waals surface area contributed by atoms with Crippen molar-refractivity contribution in [3.05, 3.63) is 54.1 Å². The van der Waals surface area contributed by atoms with E-state index in [-0.39, 0.29) is 16.3 Å². The molecule has 3 aromatic rings. The lowest BCUT2D eigenvalue weighted by Crippen LogP contribution is -2.56. The molecule has 1 atom stereocenters. The van der Waals surface area contributed by atoms with Gasteiger partial charge in [0, 0.05) is 29.1 Å². The third-order valence-corrected chi connectivity index (χ3v) is 5.40. The first-order valence-corrected chi connectivity index (χ1v) is 9.89. The van der Waals surface area contributed by atoms with Crippen LogP contribution in [-0.4, -0.2) is 52.8 Å². The molecule has 2 heterocycles. The number of pyridine rings is 1. The van der Waals surface area contributed by atoms with Crippen molar-refractivity contribution in [1.29, 1.82) is 0 Å². The number of rotatable bonds is 4. The van der Waals surface area contributed by atoms with Crippen LogP contribution in [0.25, 0.3) is 22.2 Å². The van der Waals surface area contributed by atoms with E-state index in [1.165, 1.54) is 27.2 Å². The Kier molecular flexibility index (Phi) is 5.49. The van der Waals surface area contributed by atoms with Gasteiger partial charge in [-0.15, -0.1) is 0 Å². The first-order chi connectivity index (χ1) is 15.6. The molecule has 2 aromatic carbocycles. The number of aromatic nitrogens is 1. The van der Waals surface area contributed by atoms with Crippen LogP contribution in [0.1, 0.15) is 23.7 Å². The topological polar surface area (TPSA) is 84.2 Å². The molecule has 1 unspecified atom stereocenters. The molecule has 172 valence electrons. The molecule has 0 saturated heterocycles. The summed E-state index contributed by atoms with van der Waals surface area (Å²) >= 11 is 0. The van der Waals surface area contributed by atoms with Gasteiger partial charge in [0.1, 0.15) is 11.5 Å². The van der Waals surface area contributed by atoms with Gasteiger partial charge in [0.15, 0.2) is 0 Å². The molecular weight excluding hydrogens is 439 g/mol. The number of ether oxygens (including phenoxy) is 2. The largest absolute Gasteiger partial charge is 0.497 e. The molecule has 0 aliphatic carbocycles. The van der Waals surface area contributed by atoms with Crippen molar-refractivity contribution in [3.63, 3.8) is 0 Å². The molecular formula is C23H20F3N3O4. The number of hydrogen-bond donors (Lipinski definition) is 1. The number of halogens is 3. The van der Waals surface area contributed by atoms with Crippen LogP contribution >= 0.6 is 0 Å². The molecule has 1 aliphatic heterocycles. The van der Waals surface area contributed by atoms with E-state index in [0.29, 0.717) is 33.7 Å². The lowest BCUT2D eigenvalue weighted by atomic mass is 10.0. The van der Waals surface area contributed by atoms with E-state index in [0.717, 1.165) is 0 Å². The van der Waals surface area contributed by atoms with Gasteiger partial charge in [0.2, 0.25) is 0 Å². The Bertz CT molecular complexity index is 1280. The monoisotopic (exact) mass is 459 g/mol. The highest BCUT2D eigenvalue weighted by atomic mass is 19.4. The van der Waals surface area contributed by atoms with Gasteiger partial charge in [-0.25, -0.2) is 4.98 Å². The molecule has 0 radical (unpaired) electrons. The van der Waals surface area contributed by atoms with Gasteiger partial charge in [-0.2, -0.15) is 23.3 Å². The Labute approximate surface area is 187 Å². The van der Waals surface area contributed by atoms with Crippen molar-refractivity contribution in [1.82, 2.24) is 9.99 Å². The third kappa shape index (κ3) is 3.76. The van der Waals surface area contributed by atoms with Crippen LogP contribution in [0.5, 0.6) is 11.5 Å². The zero-order valence-corrected chi connectivity index (χ0v) is 18.0. The molecule has 0 spiro atoms. The van der Waals surface area contributed by atoms with E-state index in [2.05, 4.69) is 10.1 Å². The van der Waals surface area contributed by atoms with Crippen molar-refractivity contribution >= 4 is 22.5 Å². The minimum absolute atomic E-state index is 0.0152. The van der Waals surface area contributed by atoms with Gasteiger partial charge in [0.05, 0.1) is 31.0 Å². The summed E-state index contributed by atoms with van der Waals surface area (Å²) < 4.78 is 51.8. The van der Waals surface area contributed by atoms with Crippen molar-refractivity contribution in [3.8, 4) is 22.8 Å². The number of hydrogen-bond acceptors (Lipinski definition) is 6. The number of methoxy groups -OCH3 is 2. The second-order valence-corrected chi connectivity index (χ2v) is 7.58. The Balaban J connectivity index is 1.91. The number of carbonyl (C=O) groups is 1. The number of hydrazone groups is 1. The number of alkyl halides is 3. The Hall–Kier alpha value is -3.66. The van der Waals surface area contributed by atoms with Gasteiger partial charge >= 0.3 is 6.18 Å². The predicted molar refractivity (Wildman–Crippen MR) is 115 cm³/mol. The van der Waals surface area contributed by atoms with Crippen molar-refractivity contribution < 1.29 is 32.5 Å². The maximum atomic E-state index is 13.7. The third-order valence-electron chi connectivity index (χ3n) is 5.40. The molecule has 1 amide bonds. The second kappa shape index (κ2) is 8.04. The van der Waals surface area contributed by atoms with E-state index in [1.807, 2.05) is 0 Å². The van der Waals surface area contributed by atoms with Crippen molar-refractivity contribution in [2.75, 3.05) is 14.2 Å². The fraction of sp³-hybridized carbons (Fsp3) is 0.261. The number of amides is 1. The normalized spacial score (nSPS) is 18.4. The highest BCUT2D eigenvalue weighted by Crippen LogP contribution is 2.42. The highest BCUT2D eigenvalue weighted by molar-refractivity contribution is 6.08. The molecule has 7 nitrogen and oxygen atoms in total. The standard InChI is InChI=1S/C23H20F3N3O4/c1-13-12-22(31,23(24,25)26)29(28-13)21(30)17-11-19(27-18-7-5-4-6-15(17)18)16-9-8-14(32-2)10-20(16)33-3/h4-11,31H,12H2,1-3H3. The number of nitrogens with zero attached hydrogens (tertiary/aromatic N) is 3. The number of carbonyl (C=O) groups excluding carboxylic acids is 1. The summed E-state index contributed by atoms with van der Waals surface area (Å²) in [7, 11) is 2.95. The average Bonchev–Trinajstić information content (AvgIpc) is 3.12. The molecule has 33 heavy (non-hydrogen) atoms. The molecule has 1 aliphatic rings. The summed E-state index contributed by atoms with van der Waals surface area (Å²) in [5, 5.41) is 14.6.